The molecule has 1 aliphatic heterocycles. The number of rotatable bonds is 3. The van der Waals surface area contributed by atoms with Crippen molar-refractivity contribution in [2.75, 3.05) is 18.5 Å². The Kier molecular flexibility index (Phi) is 3.50. The van der Waals surface area contributed by atoms with Crippen molar-refractivity contribution in [1.29, 1.82) is 0 Å². The molecule has 1 aromatic rings. The Balaban J connectivity index is 2.02. The molecule has 2 heterocycles. The highest BCUT2D eigenvalue weighted by Crippen LogP contribution is 2.27. The molecule has 0 radical (unpaired) electrons. The molecule has 1 N–H and O–H groups in total. The Bertz CT molecular complexity index is 375. The van der Waals surface area contributed by atoms with Crippen molar-refractivity contribution in [2.45, 2.75) is 32.3 Å². The third-order valence-electron chi connectivity index (χ3n) is 3.01. The fourth-order valence-corrected chi connectivity index (χ4v) is 2.29. The minimum Gasteiger partial charge on any atom is -0.373 e. The number of ether oxygens (including phenoxy) is 1. The maximum Gasteiger partial charge on any atom is 0.140 e. The molecular formula is C12H17BrN2O. The molecule has 0 aromatic carbocycles. The van der Waals surface area contributed by atoms with E-state index in [-0.39, 0.29) is 5.60 Å². The molecule has 1 aliphatic rings. The van der Waals surface area contributed by atoms with Gasteiger partial charge in [0.15, 0.2) is 0 Å². The van der Waals surface area contributed by atoms with E-state index >= 15 is 0 Å². The Labute approximate surface area is 105 Å². The topological polar surface area (TPSA) is 34.2 Å². The lowest BCUT2D eigenvalue weighted by atomic mass is 10.0. The summed E-state index contributed by atoms with van der Waals surface area (Å²) in [7, 11) is 0. The molecule has 2 rings (SSSR count). The van der Waals surface area contributed by atoms with Crippen LogP contribution in [0.25, 0.3) is 0 Å². The van der Waals surface area contributed by atoms with Crippen molar-refractivity contribution < 1.29 is 4.74 Å². The Hall–Kier alpha value is -0.610. The summed E-state index contributed by atoms with van der Waals surface area (Å²) in [4.78, 5) is 4.32. The fraction of sp³-hybridized carbons (Fsp3) is 0.583. The second-order valence-electron chi connectivity index (χ2n) is 4.55. The standard InChI is InChI=1S/C12H17BrN2O/c1-9-4-6-14-11(10(9)13)15-8-12(2)5-3-7-16-12/h4,6H,3,5,7-8H2,1-2H3,(H,14,15). The SMILES string of the molecule is Cc1ccnc(NCC2(C)CCCO2)c1Br. The van der Waals surface area contributed by atoms with Crippen LogP contribution in [0.5, 0.6) is 0 Å². The molecule has 88 valence electrons. The minimum absolute atomic E-state index is 0.0368. The molecule has 0 saturated carbocycles. The lowest BCUT2D eigenvalue weighted by Crippen LogP contribution is -2.32. The van der Waals surface area contributed by atoms with Crippen molar-refractivity contribution in [3.8, 4) is 0 Å². The molecule has 1 atom stereocenters. The molecule has 1 saturated heterocycles. The van der Waals surface area contributed by atoms with Crippen molar-refractivity contribution in [3.63, 3.8) is 0 Å². The van der Waals surface area contributed by atoms with Crippen molar-refractivity contribution in [2.24, 2.45) is 0 Å². The van der Waals surface area contributed by atoms with Gasteiger partial charge in [-0.05, 0) is 54.2 Å². The summed E-state index contributed by atoms with van der Waals surface area (Å²) in [6.45, 7) is 5.89. The number of pyridine rings is 1. The zero-order valence-electron chi connectivity index (χ0n) is 9.72. The zero-order valence-corrected chi connectivity index (χ0v) is 11.3. The molecule has 1 fully saturated rings. The number of hydrogen-bond donors (Lipinski definition) is 1. The molecule has 4 heteroatoms. The predicted octanol–water partition coefficient (Wildman–Crippen LogP) is 3.13. The van der Waals surface area contributed by atoms with Gasteiger partial charge in [0.1, 0.15) is 5.82 Å². The average molecular weight is 285 g/mol. The van der Waals surface area contributed by atoms with Gasteiger partial charge in [-0.15, -0.1) is 0 Å². The Morgan fingerprint density at radius 1 is 1.62 bits per heavy atom. The monoisotopic (exact) mass is 284 g/mol. The van der Waals surface area contributed by atoms with Crippen LogP contribution in [0.3, 0.4) is 0 Å². The first kappa shape index (κ1) is 11.9. The third-order valence-corrected chi connectivity index (χ3v) is 4.01. The molecular weight excluding hydrogens is 268 g/mol. The number of nitrogens with zero attached hydrogens (tertiary/aromatic N) is 1. The van der Waals surface area contributed by atoms with E-state index in [9.17, 15) is 0 Å². The molecule has 0 amide bonds. The second-order valence-corrected chi connectivity index (χ2v) is 5.34. The molecule has 1 aromatic heterocycles. The maximum atomic E-state index is 5.73. The zero-order chi connectivity index (χ0) is 11.6. The van der Waals surface area contributed by atoms with Crippen molar-refractivity contribution in [3.05, 3.63) is 22.3 Å². The van der Waals surface area contributed by atoms with Crippen molar-refractivity contribution >= 4 is 21.7 Å². The summed E-state index contributed by atoms with van der Waals surface area (Å²) in [6.07, 6.45) is 4.09. The fourth-order valence-electron chi connectivity index (χ4n) is 1.91. The summed E-state index contributed by atoms with van der Waals surface area (Å²) >= 11 is 3.54. The third kappa shape index (κ3) is 2.55. The first-order chi connectivity index (χ1) is 7.61. The quantitative estimate of drug-likeness (QED) is 0.926. The normalized spacial score (nSPS) is 24.7. The van der Waals surface area contributed by atoms with Crippen LogP contribution >= 0.6 is 15.9 Å². The number of hydrogen-bond acceptors (Lipinski definition) is 3. The predicted molar refractivity (Wildman–Crippen MR) is 68.8 cm³/mol. The highest BCUT2D eigenvalue weighted by molar-refractivity contribution is 9.10. The van der Waals surface area contributed by atoms with Crippen molar-refractivity contribution in [1.82, 2.24) is 4.98 Å². The first-order valence-corrected chi connectivity index (χ1v) is 6.39. The van der Waals surface area contributed by atoms with E-state index in [0.717, 1.165) is 36.3 Å². The first-order valence-electron chi connectivity index (χ1n) is 5.60. The van der Waals surface area contributed by atoms with E-state index in [2.05, 4.69) is 40.1 Å². The summed E-state index contributed by atoms with van der Waals surface area (Å²) in [5.41, 5.74) is 1.15. The molecule has 16 heavy (non-hydrogen) atoms. The highest BCUT2D eigenvalue weighted by Gasteiger charge is 2.29. The van der Waals surface area contributed by atoms with Crippen LogP contribution in [-0.4, -0.2) is 23.7 Å². The van der Waals surface area contributed by atoms with Crippen LogP contribution in [0.2, 0.25) is 0 Å². The number of nitrogens with one attached hydrogen (secondary N) is 1. The molecule has 3 nitrogen and oxygen atoms in total. The maximum absolute atomic E-state index is 5.73. The Morgan fingerprint density at radius 2 is 2.44 bits per heavy atom. The summed E-state index contributed by atoms with van der Waals surface area (Å²) in [5.74, 6) is 0.900. The second kappa shape index (κ2) is 4.72. The number of aryl methyl sites for hydroxylation is 1. The van der Waals surface area contributed by atoms with Gasteiger partial charge in [-0.2, -0.15) is 0 Å². The van der Waals surface area contributed by atoms with Gasteiger partial charge in [-0.1, -0.05) is 0 Å². The van der Waals surface area contributed by atoms with Gasteiger partial charge >= 0.3 is 0 Å². The van der Waals surface area contributed by atoms with Gasteiger partial charge in [0.2, 0.25) is 0 Å². The summed E-state index contributed by atoms with van der Waals surface area (Å²) < 4.78 is 6.77. The smallest absolute Gasteiger partial charge is 0.140 e. The van der Waals surface area contributed by atoms with Gasteiger partial charge in [-0.3, -0.25) is 0 Å². The van der Waals surface area contributed by atoms with Gasteiger partial charge in [0.25, 0.3) is 0 Å². The summed E-state index contributed by atoms with van der Waals surface area (Å²) in [6, 6.07) is 1.99. The van der Waals surface area contributed by atoms with Crippen LogP contribution in [0, 0.1) is 6.92 Å². The van der Waals surface area contributed by atoms with Crippen LogP contribution in [-0.2, 0) is 4.74 Å². The van der Waals surface area contributed by atoms with E-state index in [1.165, 1.54) is 5.56 Å². The van der Waals surface area contributed by atoms with Crippen LogP contribution in [0.4, 0.5) is 5.82 Å². The molecule has 1 unspecified atom stereocenters. The van der Waals surface area contributed by atoms with Gasteiger partial charge in [0, 0.05) is 19.3 Å². The number of anilines is 1. The van der Waals surface area contributed by atoms with E-state index in [1.807, 2.05) is 12.3 Å². The lowest BCUT2D eigenvalue weighted by Gasteiger charge is -2.24. The van der Waals surface area contributed by atoms with E-state index in [1.54, 1.807) is 0 Å². The Morgan fingerprint density at radius 3 is 3.12 bits per heavy atom. The van der Waals surface area contributed by atoms with E-state index < -0.39 is 0 Å². The average Bonchev–Trinajstić information content (AvgIpc) is 2.68. The molecule has 0 spiro atoms. The number of aromatic nitrogens is 1. The van der Waals surface area contributed by atoms with Gasteiger partial charge in [0.05, 0.1) is 10.1 Å². The van der Waals surface area contributed by atoms with Crippen LogP contribution < -0.4 is 5.32 Å². The highest BCUT2D eigenvalue weighted by atomic mass is 79.9. The van der Waals surface area contributed by atoms with E-state index in [0.29, 0.717) is 0 Å². The van der Waals surface area contributed by atoms with Gasteiger partial charge < -0.3 is 10.1 Å². The summed E-state index contributed by atoms with van der Waals surface area (Å²) in [5, 5.41) is 3.35. The number of halogens is 1. The van der Waals surface area contributed by atoms with Crippen LogP contribution in [0.15, 0.2) is 16.7 Å². The van der Waals surface area contributed by atoms with E-state index in [4.69, 9.17) is 4.74 Å². The minimum atomic E-state index is -0.0368. The van der Waals surface area contributed by atoms with Crippen LogP contribution in [0.1, 0.15) is 25.3 Å². The lowest BCUT2D eigenvalue weighted by molar-refractivity contribution is 0.0314. The molecule has 0 aliphatic carbocycles. The molecule has 0 bridgehead atoms. The largest absolute Gasteiger partial charge is 0.373 e. The van der Waals surface area contributed by atoms with Gasteiger partial charge in [-0.25, -0.2) is 4.98 Å².